The maximum absolute atomic E-state index is 13.7. The van der Waals surface area contributed by atoms with Gasteiger partial charge in [-0.05, 0) is 84.3 Å². The lowest BCUT2D eigenvalue weighted by atomic mass is 9.78. The highest BCUT2D eigenvalue weighted by atomic mass is 35.5. The van der Waals surface area contributed by atoms with Gasteiger partial charge in [0.15, 0.2) is 0 Å². The van der Waals surface area contributed by atoms with E-state index in [2.05, 4.69) is 67.0 Å². The first-order chi connectivity index (χ1) is 17.2. The van der Waals surface area contributed by atoms with Crippen molar-refractivity contribution in [3.8, 4) is 0 Å². The van der Waals surface area contributed by atoms with E-state index in [4.69, 9.17) is 0 Å². The van der Waals surface area contributed by atoms with Gasteiger partial charge in [0.2, 0.25) is 11.8 Å². The minimum absolute atomic E-state index is 0. The van der Waals surface area contributed by atoms with Gasteiger partial charge < -0.3 is 15.1 Å². The quantitative estimate of drug-likeness (QED) is 0.527. The van der Waals surface area contributed by atoms with Crippen LogP contribution in [0.25, 0.3) is 0 Å². The van der Waals surface area contributed by atoms with Crippen molar-refractivity contribution in [3.63, 3.8) is 0 Å². The number of piperazine rings is 1. The molecule has 37 heavy (non-hydrogen) atoms. The molecule has 0 bridgehead atoms. The Kier molecular flexibility index (Phi) is 10.1. The van der Waals surface area contributed by atoms with Gasteiger partial charge in [0.25, 0.3) is 0 Å². The number of likely N-dealkylation sites (tertiary alicyclic amines) is 2. The van der Waals surface area contributed by atoms with Crippen LogP contribution in [-0.4, -0.2) is 88.1 Å². The van der Waals surface area contributed by atoms with Gasteiger partial charge in [0, 0.05) is 36.9 Å². The summed E-state index contributed by atoms with van der Waals surface area (Å²) in [5.74, 6) is 1.12. The van der Waals surface area contributed by atoms with Crippen LogP contribution in [0.15, 0.2) is 0 Å². The molecule has 2 N–H and O–H groups in total. The fraction of sp³-hybridized carbons (Fsp3) is 0.821. The largest absolute Gasteiger partial charge is 0.342 e. The van der Waals surface area contributed by atoms with Crippen LogP contribution in [0, 0.1) is 25.7 Å². The lowest BCUT2D eigenvalue weighted by molar-refractivity contribution is -0.162. The minimum Gasteiger partial charge on any atom is -0.342 e. The van der Waals surface area contributed by atoms with Crippen LogP contribution in [0.4, 0.5) is 0 Å². The molecule has 8 nitrogen and oxygen atoms in total. The Bertz CT molecular complexity index is 898. The molecule has 1 aromatic rings. The van der Waals surface area contributed by atoms with E-state index in [1.165, 1.54) is 18.4 Å². The van der Waals surface area contributed by atoms with E-state index in [-0.39, 0.29) is 30.3 Å². The Balaban J connectivity index is 0.00000380. The normalized spacial score (nSPS) is 24.4. The van der Waals surface area contributed by atoms with Crippen LogP contribution in [0.3, 0.4) is 0 Å². The Hall–Kier alpha value is -1.64. The first kappa shape index (κ1) is 29.9. The van der Waals surface area contributed by atoms with Crippen molar-refractivity contribution in [2.45, 2.75) is 97.2 Å². The lowest BCUT2D eigenvalue weighted by Crippen LogP contribution is -2.73. The van der Waals surface area contributed by atoms with Crippen molar-refractivity contribution in [3.05, 3.63) is 17.0 Å². The second kappa shape index (κ2) is 12.5. The number of aromatic amines is 1. The standard InChI is InChI=1S/C28H48N6O2.ClH/c1-7-8-13-34-26(35)23(18-19(2)3)29-27(36)28(34)11-16-33(17-12-28)25(22-9-14-32(6)15-10-22)24-20(4)30-31-21(24)5;/h19,22-23,25H,7-18H2,1-6H3,(H,29,36)(H,30,31);1H/t23-,25?;/m0./s1. The van der Waals surface area contributed by atoms with Crippen LogP contribution < -0.4 is 5.32 Å². The summed E-state index contributed by atoms with van der Waals surface area (Å²) in [5.41, 5.74) is 2.87. The number of halogens is 1. The molecule has 4 rings (SSSR count). The summed E-state index contributed by atoms with van der Waals surface area (Å²) in [6.07, 6.45) is 6.39. The summed E-state index contributed by atoms with van der Waals surface area (Å²) in [4.78, 5) is 34.3. The summed E-state index contributed by atoms with van der Waals surface area (Å²) in [7, 11) is 2.21. The molecule has 0 saturated carbocycles. The topological polar surface area (TPSA) is 84.6 Å². The number of nitrogens with one attached hydrogen (secondary N) is 2. The van der Waals surface area contributed by atoms with E-state index in [0.29, 0.717) is 43.7 Å². The average Bonchev–Trinajstić information content (AvgIpc) is 3.17. The van der Waals surface area contributed by atoms with Crippen LogP contribution >= 0.6 is 12.4 Å². The zero-order valence-electron chi connectivity index (χ0n) is 23.8. The molecule has 1 aromatic heterocycles. The van der Waals surface area contributed by atoms with Gasteiger partial charge in [-0.15, -0.1) is 12.4 Å². The Labute approximate surface area is 229 Å². The number of carbonyl (C=O) groups is 2. The van der Waals surface area contributed by atoms with Crippen molar-refractivity contribution >= 4 is 24.2 Å². The molecule has 9 heteroatoms. The fourth-order valence-corrected chi connectivity index (χ4v) is 6.87. The molecule has 1 unspecified atom stereocenters. The highest BCUT2D eigenvalue weighted by Gasteiger charge is 2.54. The number of rotatable bonds is 8. The van der Waals surface area contributed by atoms with E-state index < -0.39 is 5.54 Å². The van der Waals surface area contributed by atoms with Gasteiger partial charge in [-0.25, -0.2) is 0 Å². The van der Waals surface area contributed by atoms with Crippen molar-refractivity contribution in [1.29, 1.82) is 0 Å². The summed E-state index contributed by atoms with van der Waals surface area (Å²) in [5, 5.41) is 10.9. The molecule has 2 atom stereocenters. The predicted molar refractivity (Wildman–Crippen MR) is 150 cm³/mol. The van der Waals surface area contributed by atoms with E-state index in [1.807, 2.05) is 4.90 Å². The number of carbonyl (C=O) groups excluding carboxylic acids is 2. The number of aromatic nitrogens is 2. The summed E-state index contributed by atoms with van der Waals surface area (Å²) in [6, 6.07) is -0.0869. The maximum atomic E-state index is 13.7. The molecule has 0 aliphatic carbocycles. The number of nitrogens with zero attached hydrogens (tertiary/aromatic N) is 4. The predicted octanol–water partition coefficient (Wildman–Crippen LogP) is 3.84. The van der Waals surface area contributed by atoms with Crippen LogP contribution in [0.2, 0.25) is 0 Å². The number of hydrogen-bond acceptors (Lipinski definition) is 5. The second-order valence-electron chi connectivity index (χ2n) is 12.0. The SMILES string of the molecule is CCCCN1C(=O)[C@H](CC(C)C)NC(=O)C12CCN(C(c1c(C)n[nH]c1C)C1CCN(C)CC1)CC2.Cl. The molecule has 0 aromatic carbocycles. The Morgan fingerprint density at radius 3 is 2.27 bits per heavy atom. The Morgan fingerprint density at radius 2 is 1.73 bits per heavy atom. The van der Waals surface area contributed by atoms with E-state index >= 15 is 0 Å². The molecular formula is C28H49ClN6O2. The van der Waals surface area contributed by atoms with Crippen molar-refractivity contribution in [2.24, 2.45) is 11.8 Å². The molecule has 210 valence electrons. The first-order valence-corrected chi connectivity index (χ1v) is 14.2. The molecule has 1 spiro atoms. The lowest BCUT2D eigenvalue weighted by Gasteiger charge is -2.53. The highest BCUT2D eigenvalue weighted by molar-refractivity contribution is 6.00. The zero-order valence-corrected chi connectivity index (χ0v) is 24.6. The number of unbranched alkanes of at least 4 members (excludes halogenated alkanes) is 1. The van der Waals surface area contributed by atoms with E-state index in [0.717, 1.165) is 50.4 Å². The third kappa shape index (κ3) is 6.01. The second-order valence-corrected chi connectivity index (χ2v) is 12.0. The first-order valence-electron chi connectivity index (χ1n) is 14.2. The molecule has 0 radical (unpaired) electrons. The molecular weight excluding hydrogens is 488 g/mol. The van der Waals surface area contributed by atoms with Gasteiger partial charge in [0.1, 0.15) is 11.6 Å². The third-order valence-corrected chi connectivity index (χ3v) is 8.96. The summed E-state index contributed by atoms with van der Waals surface area (Å²) in [6.45, 7) is 15.2. The smallest absolute Gasteiger partial charge is 0.246 e. The number of hydrogen-bond donors (Lipinski definition) is 2. The van der Waals surface area contributed by atoms with Crippen LogP contribution in [-0.2, 0) is 9.59 Å². The number of piperidine rings is 2. The number of H-pyrrole nitrogens is 1. The van der Waals surface area contributed by atoms with Crippen molar-refractivity contribution in [1.82, 2.24) is 30.2 Å². The number of aryl methyl sites for hydroxylation is 2. The minimum atomic E-state index is -0.714. The molecule has 3 aliphatic heterocycles. The molecule has 3 saturated heterocycles. The zero-order chi connectivity index (χ0) is 26.0. The average molecular weight is 537 g/mol. The summed E-state index contributed by atoms with van der Waals surface area (Å²) >= 11 is 0. The maximum Gasteiger partial charge on any atom is 0.246 e. The molecule has 3 fully saturated rings. The number of amides is 2. The van der Waals surface area contributed by atoms with Gasteiger partial charge in [-0.2, -0.15) is 5.10 Å². The van der Waals surface area contributed by atoms with Gasteiger partial charge in [-0.3, -0.25) is 19.6 Å². The fourth-order valence-electron chi connectivity index (χ4n) is 6.87. The molecule has 4 heterocycles. The monoisotopic (exact) mass is 536 g/mol. The highest BCUT2D eigenvalue weighted by Crippen LogP contribution is 2.42. The molecule has 2 amide bonds. The van der Waals surface area contributed by atoms with Crippen LogP contribution in [0.5, 0.6) is 0 Å². The van der Waals surface area contributed by atoms with Crippen molar-refractivity contribution in [2.75, 3.05) is 39.8 Å². The summed E-state index contributed by atoms with van der Waals surface area (Å²) < 4.78 is 0. The van der Waals surface area contributed by atoms with Crippen molar-refractivity contribution < 1.29 is 9.59 Å². The van der Waals surface area contributed by atoms with Gasteiger partial charge >= 0.3 is 0 Å². The Morgan fingerprint density at radius 1 is 1.08 bits per heavy atom. The van der Waals surface area contributed by atoms with Crippen LogP contribution in [0.1, 0.15) is 88.7 Å². The molecule has 3 aliphatic rings. The van der Waals surface area contributed by atoms with E-state index in [1.54, 1.807) is 0 Å². The van der Waals surface area contributed by atoms with E-state index in [9.17, 15) is 9.59 Å². The van der Waals surface area contributed by atoms with Gasteiger partial charge in [0.05, 0.1) is 5.69 Å². The van der Waals surface area contributed by atoms with Gasteiger partial charge in [-0.1, -0.05) is 27.2 Å². The third-order valence-electron chi connectivity index (χ3n) is 8.96.